The van der Waals surface area contributed by atoms with Crippen LogP contribution in [0.1, 0.15) is 19.8 Å². The van der Waals surface area contributed by atoms with Crippen molar-refractivity contribution in [1.29, 1.82) is 0 Å². The van der Waals surface area contributed by atoms with Crippen molar-refractivity contribution in [2.45, 2.75) is 38.1 Å². The molecule has 0 bridgehead atoms. The van der Waals surface area contributed by atoms with Crippen molar-refractivity contribution < 1.29 is 14.6 Å². The molecule has 0 spiro atoms. The molecule has 3 nitrogen and oxygen atoms in total. The molecule has 0 aromatic rings. The van der Waals surface area contributed by atoms with Crippen LogP contribution >= 0.6 is 0 Å². The molecule has 68 valence electrons. The Morgan fingerprint density at radius 3 is 3.08 bits per heavy atom. The molecule has 1 N–H and O–H groups in total. The van der Waals surface area contributed by atoms with Crippen molar-refractivity contribution in [2.24, 2.45) is 0 Å². The van der Waals surface area contributed by atoms with Crippen LogP contribution in [0.5, 0.6) is 0 Å². The molecule has 0 radical (unpaired) electrons. The van der Waals surface area contributed by atoms with E-state index in [0.29, 0.717) is 6.42 Å². The molecule has 0 aliphatic carbocycles. The van der Waals surface area contributed by atoms with Crippen LogP contribution < -0.4 is 0 Å². The summed E-state index contributed by atoms with van der Waals surface area (Å²) in [5.41, 5.74) is 0. The highest BCUT2D eigenvalue weighted by molar-refractivity contribution is 5.83. The number of aliphatic hydroxyl groups is 1. The Hall–Kier alpha value is -0.670. The van der Waals surface area contributed by atoms with Gasteiger partial charge >= 0.3 is 0 Å². The molecule has 12 heavy (non-hydrogen) atoms. The summed E-state index contributed by atoms with van der Waals surface area (Å²) >= 11 is 0. The normalized spacial score (nSPS) is 36.5. The molecule has 3 atom stereocenters. The number of aliphatic hydroxyl groups excluding tert-OH is 1. The molecule has 0 saturated carbocycles. The second kappa shape index (κ2) is 3.83. The number of hydrogen-bond acceptors (Lipinski definition) is 3. The van der Waals surface area contributed by atoms with E-state index in [1.165, 1.54) is 0 Å². The predicted octanol–water partition coefficient (Wildman–Crippen LogP) is 0.670. The van der Waals surface area contributed by atoms with Crippen LogP contribution in [0.15, 0.2) is 12.7 Å². The van der Waals surface area contributed by atoms with Gasteiger partial charge in [0, 0.05) is 6.42 Å². The second-order valence-electron chi connectivity index (χ2n) is 3.08. The van der Waals surface area contributed by atoms with Crippen LogP contribution in [0, 0.1) is 0 Å². The van der Waals surface area contributed by atoms with Gasteiger partial charge in [0.05, 0.1) is 12.2 Å². The number of ether oxygens (including phenoxy) is 1. The highest BCUT2D eigenvalue weighted by Gasteiger charge is 2.32. The lowest BCUT2D eigenvalue weighted by atomic mass is 9.98. The molecular formula is C9H14O3. The highest BCUT2D eigenvalue weighted by atomic mass is 16.5. The van der Waals surface area contributed by atoms with Crippen LogP contribution in [0.2, 0.25) is 0 Å². The third kappa shape index (κ3) is 1.93. The number of rotatable bonds is 2. The standard InChI is InChI=1S/C9H14O3/c1-3-4-9-8(11)5-7(10)6(2)12-9/h3,6,8-9,11H,1,4-5H2,2H3/t6-,8+,9+/m1/s1. The summed E-state index contributed by atoms with van der Waals surface area (Å²) in [5.74, 6) is -0.0252. The lowest BCUT2D eigenvalue weighted by Crippen LogP contribution is -2.43. The van der Waals surface area contributed by atoms with Gasteiger partial charge in [-0.05, 0) is 13.3 Å². The first kappa shape index (κ1) is 9.42. The zero-order valence-electron chi connectivity index (χ0n) is 7.19. The van der Waals surface area contributed by atoms with E-state index in [0.717, 1.165) is 0 Å². The summed E-state index contributed by atoms with van der Waals surface area (Å²) in [6, 6.07) is 0. The summed E-state index contributed by atoms with van der Waals surface area (Å²) in [6.45, 7) is 5.27. The van der Waals surface area contributed by atoms with Crippen LogP contribution in [-0.2, 0) is 9.53 Å². The Morgan fingerprint density at radius 2 is 2.50 bits per heavy atom. The van der Waals surface area contributed by atoms with Gasteiger partial charge in [-0.25, -0.2) is 0 Å². The minimum atomic E-state index is -0.660. The van der Waals surface area contributed by atoms with Crippen LogP contribution in [0.25, 0.3) is 0 Å². The maximum Gasteiger partial charge on any atom is 0.163 e. The summed E-state index contributed by atoms with van der Waals surface area (Å²) in [5, 5.41) is 9.39. The van der Waals surface area contributed by atoms with E-state index in [9.17, 15) is 9.90 Å². The maximum absolute atomic E-state index is 11.0. The molecule has 1 heterocycles. The lowest BCUT2D eigenvalue weighted by Gasteiger charge is -2.30. The summed E-state index contributed by atoms with van der Waals surface area (Å²) < 4.78 is 5.28. The Labute approximate surface area is 72.0 Å². The molecule has 1 rings (SSSR count). The van der Waals surface area contributed by atoms with E-state index in [2.05, 4.69) is 6.58 Å². The minimum absolute atomic E-state index is 0.0252. The van der Waals surface area contributed by atoms with Crippen molar-refractivity contribution in [3.05, 3.63) is 12.7 Å². The number of carbonyl (C=O) groups is 1. The monoisotopic (exact) mass is 170 g/mol. The molecule has 1 fully saturated rings. The zero-order chi connectivity index (χ0) is 9.14. The first-order chi connectivity index (χ1) is 5.65. The number of ketones is 1. The smallest absolute Gasteiger partial charge is 0.163 e. The first-order valence-electron chi connectivity index (χ1n) is 4.12. The highest BCUT2D eigenvalue weighted by Crippen LogP contribution is 2.19. The quantitative estimate of drug-likeness (QED) is 0.619. The van der Waals surface area contributed by atoms with Crippen molar-refractivity contribution >= 4 is 5.78 Å². The molecule has 0 unspecified atom stereocenters. The number of Topliss-reactive ketones (excluding diaryl/α,β-unsaturated/α-hetero) is 1. The average molecular weight is 170 g/mol. The van der Waals surface area contributed by atoms with Gasteiger partial charge in [-0.1, -0.05) is 6.08 Å². The summed E-state index contributed by atoms with van der Waals surface area (Å²) in [4.78, 5) is 11.0. The van der Waals surface area contributed by atoms with Crippen LogP contribution in [0.3, 0.4) is 0 Å². The van der Waals surface area contributed by atoms with E-state index in [1.807, 2.05) is 0 Å². The molecule has 1 aliphatic heterocycles. The van der Waals surface area contributed by atoms with E-state index >= 15 is 0 Å². The molecule has 0 aromatic heterocycles. The largest absolute Gasteiger partial charge is 0.390 e. The van der Waals surface area contributed by atoms with Crippen molar-refractivity contribution in [3.8, 4) is 0 Å². The van der Waals surface area contributed by atoms with Gasteiger partial charge in [0.15, 0.2) is 5.78 Å². The van der Waals surface area contributed by atoms with Crippen LogP contribution in [0.4, 0.5) is 0 Å². The van der Waals surface area contributed by atoms with Crippen molar-refractivity contribution in [2.75, 3.05) is 0 Å². The van der Waals surface area contributed by atoms with E-state index in [-0.39, 0.29) is 24.4 Å². The van der Waals surface area contributed by atoms with Crippen LogP contribution in [-0.4, -0.2) is 29.2 Å². The fourth-order valence-electron chi connectivity index (χ4n) is 1.31. The van der Waals surface area contributed by atoms with Gasteiger partial charge in [-0.2, -0.15) is 0 Å². The van der Waals surface area contributed by atoms with Gasteiger partial charge in [0.1, 0.15) is 6.10 Å². The fraction of sp³-hybridized carbons (Fsp3) is 0.667. The third-order valence-electron chi connectivity index (χ3n) is 2.07. The van der Waals surface area contributed by atoms with E-state index in [1.54, 1.807) is 13.0 Å². The van der Waals surface area contributed by atoms with Gasteiger partial charge < -0.3 is 9.84 Å². The number of hydrogen-bond donors (Lipinski definition) is 1. The molecule has 0 aromatic carbocycles. The topological polar surface area (TPSA) is 46.5 Å². The molecule has 3 heteroatoms. The number of carbonyl (C=O) groups excluding carboxylic acids is 1. The second-order valence-corrected chi connectivity index (χ2v) is 3.08. The molecular weight excluding hydrogens is 156 g/mol. The maximum atomic E-state index is 11.0. The average Bonchev–Trinajstić information content (AvgIpc) is 2.01. The zero-order valence-corrected chi connectivity index (χ0v) is 7.19. The molecule has 1 saturated heterocycles. The van der Waals surface area contributed by atoms with E-state index < -0.39 is 6.10 Å². The van der Waals surface area contributed by atoms with Gasteiger partial charge in [-0.3, -0.25) is 4.79 Å². The molecule has 0 amide bonds. The van der Waals surface area contributed by atoms with E-state index in [4.69, 9.17) is 4.74 Å². The van der Waals surface area contributed by atoms with Gasteiger partial charge in [0.25, 0.3) is 0 Å². The summed E-state index contributed by atoms with van der Waals surface area (Å²) in [7, 11) is 0. The minimum Gasteiger partial charge on any atom is -0.390 e. The van der Waals surface area contributed by atoms with Crippen molar-refractivity contribution in [1.82, 2.24) is 0 Å². The SMILES string of the molecule is C=CC[C@@H]1O[C@H](C)C(=O)C[C@@H]1O. The lowest BCUT2D eigenvalue weighted by molar-refractivity contribution is -0.154. The fourth-order valence-corrected chi connectivity index (χ4v) is 1.31. The summed E-state index contributed by atoms with van der Waals surface area (Å²) in [6.07, 6.45) is 1.20. The predicted molar refractivity (Wildman–Crippen MR) is 44.8 cm³/mol. The Bertz CT molecular complexity index is 188. The first-order valence-corrected chi connectivity index (χ1v) is 4.12. The Morgan fingerprint density at radius 1 is 1.83 bits per heavy atom. The van der Waals surface area contributed by atoms with Crippen molar-refractivity contribution in [3.63, 3.8) is 0 Å². The third-order valence-corrected chi connectivity index (χ3v) is 2.07. The Balaban J connectivity index is 2.54. The molecule has 1 aliphatic rings. The van der Waals surface area contributed by atoms with Gasteiger partial charge in [-0.15, -0.1) is 6.58 Å². The Kier molecular flexibility index (Phi) is 3.00. The van der Waals surface area contributed by atoms with Gasteiger partial charge in [0.2, 0.25) is 0 Å².